The summed E-state index contributed by atoms with van der Waals surface area (Å²) in [6.07, 6.45) is 0.358. The maximum atomic E-state index is 12.1. The zero-order valence-electron chi connectivity index (χ0n) is 13.3. The average molecular weight is 306 g/mol. The van der Waals surface area contributed by atoms with Gasteiger partial charge in [0.15, 0.2) is 6.54 Å². The molecule has 6 heteroatoms. The van der Waals surface area contributed by atoms with Crippen LogP contribution < -0.4 is 15.5 Å². The Morgan fingerprint density at radius 2 is 1.77 bits per heavy atom. The van der Waals surface area contributed by atoms with Crippen molar-refractivity contribution in [2.45, 2.75) is 26.1 Å². The second kappa shape index (κ2) is 7.38. The molecule has 120 valence electrons. The molecule has 0 aliphatic carbocycles. The molecule has 2 amide bonds. The molecule has 0 radical (unpaired) electrons. The van der Waals surface area contributed by atoms with Crippen LogP contribution in [0.15, 0.2) is 24.3 Å². The summed E-state index contributed by atoms with van der Waals surface area (Å²) in [6, 6.07) is 6.87. The van der Waals surface area contributed by atoms with E-state index in [4.69, 9.17) is 4.74 Å². The fraction of sp³-hybridized carbons (Fsp3) is 0.500. The molecule has 3 N–H and O–H groups in total. The topological polar surface area (TPSA) is 71.9 Å². The van der Waals surface area contributed by atoms with Gasteiger partial charge in [0, 0.05) is 18.3 Å². The second-order valence-corrected chi connectivity index (χ2v) is 5.80. The molecule has 6 nitrogen and oxygen atoms in total. The Bertz CT molecular complexity index is 520. The summed E-state index contributed by atoms with van der Waals surface area (Å²) >= 11 is 0. The second-order valence-electron chi connectivity index (χ2n) is 5.80. The highest BCUT2D eigenvalue weighted by Crippen LogP contribution is 2.09. The summed E-state index contributed by atoms with van der Waals surface area (Å²) in [5.74, 6) is -0.164. The van der Waals surface area contributed by atoms with E-state index in [0.29, 0.717) is 17.8 Å². The molecular weight excluding hydrogens is 282 g/mol. The van der Waals surface area contributed by atoms with Crippen molar-refractivity contribution in [1.29, 1.82) is 0 Å². The molecule has 0 aromatic heterocycles. The highest BCUT2D eigenvalue weighted by Gasteiger charge is 2.27. The van der Waals surface area contributed by atoms with Crippen LogP contribution in [-0.2, 0) is 9.53 Å². The summed E-state index contributed by atoms with van der Waals surface area (Å²) in [4.78, 5) is 24.8. The minimum atomic E-state index is -0.140. The lowest BCUT2D eigenvalue weighted by atomic mass is 10.2. The molecule has 1 unspecified atom stereocenters. The van der Waals surface area contributed by atoms with Gasteiger partial charge >= 0.3 is 0 Å². The Labute approximate surface area is 130 Å². The van der Waals surface area contributed by atoms with Crippen molar-refractivity contribution < 1.29 is 19.2 Å². The van der Waals surface area contributed by atoms with E-state index in [-0.39, 0.29) is 24.0 Å². The average Bonchev–Trinajstić information content (AvgIpc) is 2.46. The van der Waals surface area contributed by atoms with E-state index < -0.39 is 0 Å². The zero-order valence-corrected chi connectivity index (χ0v) is 13.3. The summed E-state index contributed by atoms with van der Waals surface area (Å²) in [5.41, 5.74) is 1.27. The lowest BCUT2D eigenvalue weighted by Gasteiger charge is -2.31. The van der Waals surface area contributed by atoms with Crippen LogP contribution >= 0.6 is 0 Å². The number of hydrogen-bond donors (Lipinski definition) is 3. The number of benzene rings is 1. The van der Waals surface area contributed by atoms with Crippen LogP contribution in [0, 0.1) is 0 Å². The molecule has 1 aromatic rings. The Balaban J connectivity index is 1.87. The number of ether oxygens (including phenoxy) is 1. The molecule has 3 atom stereocenters. The smallest absolute Gasteiger partial charge is 0.279 e. The van der Waals surface area contributed by atoms with Gasteiger partial charge in [0.2, 0.25) is 0 Å². The Morgan fingerprint density at radius 3 is 2.32 bits per heavy atom. The first-order valence-electron chi connectivity index (χ1n) is 7.59. The quantitative estimate of drug-likeness (QED) is 0.714. The van der Waals surface area contributed by atoms with Gasteiger partial charge in [-0.1, -0.05) is 0 Å². The molecule has 0 saturated carbocycles. The van der Waals surface area contributed by atoms with Crippen molar-refractivity contribution >= 4 is 17.5 Å². The lowest BCUT2D eigenvalue weighted by molar-refractivity contribution is -0.907. The molecular formula is C16H24N3O3+. The van der Waals surface area contributed by atoms with Crippen molar-refractivity contribution in [3.05, 3.63) is 29.8 Å². The number of hydrogen-bond acceptors (Lipinski definition) is 3. The van der Waals surface area contributed by atoms with E-state index in [1.165, 1.54) is 4.90 Å². The van der Waals surface area contributed by atoms with Gasteiger partial charge in [-0.3, -0.25) is 9.59 Å². The van der Waals surface area contributed by atoms with Gasteiger partial charge in [0.25, 0.3) is 11.8 Å². The van der Waals surface area contributed by atoms with Gasteiger partial charge in [0.1, 0.15) is 25.3 Å². The van der Waals surface area contributed by atoms with E-state index in [1.54, 1.807) is 31.3 Å². The van der Waals surface area contributed by atoms with Crippen LogP contribution in [0.25, 0.3) is 0 Å². The third-order valence-corrected chi connectivity index (χ3v) is 3.69. The number of morpholine rings is 1. The van der Waals surface area contributed by atoms with Crippen LogP contribution in [0.2, 0.25) is 0 Å². The van der Waals surface area contributed by atoms with E-state index in [9.17, 15) is 9.59 Å². The van der Waals surface area contributed by atoms with Gasteiger partial charge in [-0.15, -0.1) is 0 Å². The standard InChI is InChI=1S/C16H23N3O3/c1-11-8-19(9-12(2)22-11)10-15(20)18-14-6-4-13(5-7-14)16(21)17-3/h4-7,11-12H,8-10H2,1-3H3,(H,17,21)(H,18,20)/p+1/t11-,12+. The predicted molar refractivity (Wildman–Crippen MR) is 84.0 cm³/mol. The summed E-state index contributed by atoms with van der Waals surface area (Å²) < 4.78 is 5.67. The molecule has 1 heterocycles. The van der Waals surface area contributed by atoms with Gasteiger partial charge in [-0.05, 0) is 38.1 Å². The highest BCUT2D eigenvalue weighted by molar-refractivity contribution is 5.95. The summed E-state index contributed by atoms with van der Waals surface area (Å²) in [6.45, 7) is 6.17. The largest absolute Gasteiger partial charge is 0.364 e. The number of carbonyl (C=O) groups excluding carboxylic acids is 2. The molecule has 1 saturated heterocycles. The minimum Gasteiger partial charge on any atom is -0.364 e. The maximum Gasteiger partial charge on any atom is 0.279 e. The highest BCUT2D eigenvalue weighted by atomic mass is 16.5. The number of carbonyl (C=O) groups is 2. The molecule has 22 heavy (non-hydrogen) atoms. The number of nitrogens with one attached hydrogen (secondary N) is 3. The van der Waals surface area contributed by atoms with Crippen molar-refractivity contribution in [2.24, 2.45) is 0 Å². The molecule has 0 bridgehead atoms. The number of rotatable bonds is 4. The first kappa shape index (κ1) is 16.5. The molecule has 2 rings (SSSR count). The third kappa shape index (κ3) is 4.54. The van der Waals surface area contributed by atoms with Gasteiger partial charge in [-0.25, -0.2) is 0 Å². The van der Waals surface area contributed by atoms with Gasteiger partial charge in [0.05, 0.1) is 0 Å². The van der Waals surface area contributed by atoms with Crippen molar-refractivity contribution in [3.8, 4) is 0 Å². The Morgan fingerprint density at radius 1 is 1.18 bits per heavy atom. The van der Waals surface area contributed by atoms with Crippen molar-refractivity contribution in [3.63, 3.8) is 0 Å². The number of amides is 2. The fourth-order valence-corrected chi connectivity index (χ4v) is 2.82. The van der Waals surface area contributed by atoms with Gasteiger partial charge in [-0.2, -0.15) is 0 Å². The number of quaternary nitrogens is 1. The van der Waals surface area contributed by atoms with E-state index >= 15 is 0 Å². The number of anilines is 1. The zero-order chi connectivity index (χ0) is 16.1. The van der Waals surface area contributed by atoms with E-state index in [2.05, 4.69) is 10.6 Å². The molecule has 1 aliphatic rings. The predicted octanol–water partition coefficient (Wildman–Crippen LogP) is -0.323. The SMILES string of the molecule is CNC(=O)c1ccc(NC(=O)C[NH+]2C[C@@H](C)O[C@@H](C)C2)cc1. The van der Waals surface area contributed by atoms with Crippen LogP contribution in [0.3, 0.4) is 0 Å². The van der Waals surface area contributed by atoms with Crippen LogP contribution in [0.1, 0.15) is 24.2 Å². The monoisotopic (exact) mass is 306 g/mol. The molecule has 1 fully saturated rings. The van der Waals surface area contributed by atoms with Gasteiger partial charge < -0.3 is 20.3 Å². The maximum absolute atomic E-state index is 12.1. The van der Waals surface area contributed by atoms with Crippen molar-refractivity contribution in [1.82, 2.24) is 5.32 Å². The molecule has 0 spiro atoms. The summed E-state index contributed by atoms with van der Waals surface area (Å²) in [7, 11) is 1.59. The van der Waals surface area contributed by atoms with Crippen LogP contribution in [0.4, 0.5) is 5.69 Å². The van der Waals surface area contributed by atoms with E-state index in [0.717, 1.165) is 13.1 Å². The molecule has 1 aromatic carbocycles. The lowest BCUT2D eigenvalue weighted by Crippen LogP contribution is -3.16. The first-order valence-corrected chi connectivity index (χ1v) is 7.59. The van der Waals surface area contributed by atoms with Crippen molar-refractivity contribution in [2.75, 3.05) is 32.0 Å². The van der Waals surface area contributed by atoms with Crippen LogP contribution in [0.5, 0.6) is 0 Å². The minimum absolute atomic E-state index is 0.0241. The first-order chi connectivity index (χ1) is 10.5. The third-order valence-electron chi connectivity index (χ3n) is 3.69. The van der Waals surface area contributed by atoms with Crippen LogP contribution in [-0.4, -0.2) is 50.7 Å². The summed E-state index contributed by atoms with van der Waals surface area (Å²) in [5, 5.41) is 5.43. The Kier molecular flexibility index (Phi) is 5.51. The Hall–Kier alpha value is -1.92. The molecule has 1 aliphatic heterocycles. The fourth-order valence-electron chi connectivity index (χ4n) is 2.82. The normalized spacial score (nSPS) is 24.6. The van der Waals surface area contributed by atoms with E-state index in [1.807, 2.05) is 13.8 Å².